The lowest BCUT2D eigenvalue weighted by molar-refractivity contribution is 0.669. The molecule has 0 unspecified atom stereocenters. The molecule has 0 radical (unpaired) electrons. The van der Waals surface area contributed by atoms with E-state index >= 15 is 0 Å². The average molecular weight is 898 g/mol. The van der Waals surface area contributed by atoms with Gasteiger partial charge in [0.2, 0.25) is 0 Å². The van der Waals surface area contributed by atoms with Gasteiger partial charge in [0, 0.05) is 64.0 Å². The smallest absolute Gasteiger partial charge is 0.167 e. The van der Waals surface area contributed by atoms with Crippen molar-refractivity contribution in [1.29, 1.82) is 0 Å². The van der Waals surface area contributed by atoms with E-state index in [1.54, 1.807) is 0 Å². The first kappa shape index (κ1) is 38.2. The van der Waals surface area contributed by atoms with Gasteiger partial charge in [-0.1, -0.05) is 170 Å². The quantitative estimate of drug-likeness (QED) is 0.161. The normalized spacial score (nSPS) is 12.1. The van der Waals surface area contributed by atoms with E-state index in [2.05, 4.69) is 182 Å². The second-order valence-corrected chi connectivity index (χ2v) is 18.8. The number of benzene rings is 11. The highest BCUT2D eigenvalue weighted by Gasteiger charge is 2.23. The van der Waals surface area contributed by atoms with Crippen LogP contribution in [0.5, 0.6) is 0 Å². The molecule has 15 aromatic rings. The van der Waals surface area contributed by atoms with Crippen molar-refractivity contribution in [2.75, 3.05) is 0 Å². The Hall–Kier alpha value is -8.97. The molecule has 0 spiro atoms. The van der Waals surface area contributed by atoms with Crippen LogP contribution < -0.4 is 0 Å². The van der Waals surface area contributed by atoms with E-state index < -0.39 is 0 Å². The van der Waals surface area contributed by atoms with E-state index in [9.17, 15) is 0 Å². The molecule has 6 heteroatoms. The highest BCUT2D eigenvalue weighted by Crippen LogP contribution is 2.48. The monoisotopic (exact) mass is 897 g/mol. The summed E-state index contributed by atoms with van der Waals surface area (Å²) in [6.07, 6.45) is 0. The molecule has 0 saturated heterocycles. The third kappa shape index (κ3) is 5.79. The predicted octanol–water partition coefficient (Wildman–Crippen LogP) is 17.8. The first-order chi connectivity index (χ1) is 34.2. The van der Waals surface area contributed by atoms with Gasteiger partial charge in [-0.2, -0.15) is 0 Å². The molecule has 0 fully saturated rings. The number of aromatic nitrogens is 3. The Bertz CT molecular complexity index is 4640. The number of furan rings is 2. The van der Waals surface area contributed by atoms with Crippen molar-refractivity contribution in [3.05, 3.63) is 212 Å². The van der Waals surface area contributed by atoms with Crippen molar-refractivity contribution in [2.24, 2.45) is 0 Å². The molecule has 69 heavy (non-hydrogen) atoms. The first-order valence-electron chi connectivity index (χ1n) is 23.2. The maximum atomic E-state index is 6.91. The van der Waals surface area contributed by atoms with Crippen molar-refractivity contribution in [1.82, 2.24) is 15.0 Å². The maximum Gasteiger partial charge on any atom is 0.167 e. The molecule has 0 bridgehead atoms. The summed E-state index contributed by atoms with van der Waals surface area (Å²) < 4.78 is 16.0. The van der Waals surface area contributed by atoms with Crippen LogP contribution in [-0.2, 0) is 0 Å². The first-order valence-corrected chi connectivity index (χ1v) is 24.0. The second kappa shape index (κ2) is 14.8. The third-order valence-electron chi connectivity index (χ3n) is 14.0. The van der Waals surface area contributed by atoms with E-state index in [1.807, 2.05) is 41.7 Å². The second-order valence-electron chi connectivity index (χ2n) is 17.8. The van der Waals surface area contributed by atoms with E-state index in [4.69, 9.17) is 23.8 Å². The van der Waals surface area contributed by atoms with Gasteiger partial charge in [0.1, 0.15) is 22.3 Å². The summed E-state index contributed by atoms with van der Waals surface area (Å²) in [4.78, 5) is 16.0. The van der Waals surface area contributed by atoms with Crippen molar-refractivity contribution < 1.29 is 8.83 Å². The highest BCUT2D eigenvalue weighted by molar-refractivity contribution is 7.26. The summed E-state index contributed by atoms with van der Waals surface area (Å²) in [5.41, 5.74) is 10.4. The van der Waals surface area contributed by atoms with E-state index in [1.165, 1.54) is 41.9 Å². The zero-order valence-corrected chi connectivity index (χ0v) is 37.6. The van der Waals surface area contributed by atoms with E-state index in [-0.39, 0.29) is 0 Å². The van der Waals surface area contributed by atoms with Crippen molar-refractivity contribution in [3.8, 4) is 56.4 Å². The van der Waals surface area contributed by atoms with Crippen molar-refractivity contribution in [2.45, 2.75) is 0 Å². The largest absolute Gasteiger partial charge is 0.455 e. The van der Waals surface area contributed by atoms with Gasteiger partial charge in [0.25, 0.3) is 0 Å². The van der Waals surface area contributed by atoms with Crippen LogP contribution in [0.3, 0.4) is 0 Å². The van der Waals surface area contributed by atoms with Crippen LogP contribution in [-0.4, -0.2) is 15.0 Å². The summed E-state index contributed by atoms with van der Waals surface area (Å²) in [6, 6.07) is 75.0. The Balaban J connectivity index is 0.947. The highest BCUT2D eigenvalue weighted by atomic mass is 32.1. The van der Waals surface area contributed by atoms with Crippen LogP contribution >= 0.6 is 11.3 Å². The number of rotatable bonds is 5. The molecule has 0 atom stereocenters. The van der Waals surface area contributed by atoms with Gasteiger partial charge >= 0.3 is 0 Å². The molecular formula is C63H35N3O2S. The lowest BCUT2D eigenvalue weighted by Crippen LogP contribution is -2.01. The lowest BCUT2D eigenvalue weighted by atomic mass is 9.90. The summed E-state index contributed by atoms with van der Waals surface area (Å²) in [7, 11) is 0. The summed E-state index contributed by atoms with van der Waals surface area (Å²) in [6.45, 7) is 0. The van der Waals surface area contributed by atoms with Gasteiger partial charge in [-0.05, 0) is 85.9 Å². The SMILES string of the molecule is c1ccc2c(c1)ccc1cc(-c3nc(-c4ccc(-c5ccc(-c6cccc7c6sc6ccccc67)c6oc7ccccc7c56)c5ccccc45)nc(-c4cccc5c4oc4ccccc45)n3)ccc12. The summed E-state index contributed by atoms with van der Waals surface area (Å²) in [5, 5.41) is 13.6. The predicted molar refractivity (Wildman–Crippen MR) is 287 cm³/mol. The van der Waals surface area contributed by atoms with Gasteiger partial charge in [-0.3, -0.25) is 0 Å². The Kier molecular flexibility index (Phi) is 8.17. The molecule has 15 rings (SSSR count). The fraction of sp³-hybridized carbons (Fsp3) is 0. The number of nitrogens with zero attached hydrogens (tertiary/aromatic N) is 3. The van der Waals surface area contributed by atoms with Crippen LogP contribution in [0.2, 0.25) is 0 Å². The zero-order chi connectivity index (χ0) is 45.2. The molecular weight excluding hydrogens is 863 g/mol. The standard InChI is InChI=1S/C63H35N3O2S/c1-2-14-39-36(13-1)27-28-37-35-38(29-30-40(37)39)61-64-62(66-63(65-61)53-23-11-20-47-44-17-5-8-24-54(44)67-58(47)53)51-34-31-43(41-15-3-4-16-42(41)51)46-32-33-48(59-57(46)52-19-6-9-25-55(52)68-59)50-22-12-21-49-45-18-7-10-26-56(45)69-60(49)50/h1-35H. The number of hydrogen-bond acceptors (Lipinski definition) is 6. The molecule has 11 aromatic carbocycles. The molecule has 0 aliphatic rings. The number of fused-ring (bicyclic) bond motifs is 13. The van der Waals surface area contributed by atoms with Gasteiger partial charge in [-0.25, -0.2) is 15.0 Å². The minimum absolute atomic E-state index is 0.544. The van der Waals surface area contributed by atoms with Crippen LogP contribution in [0, 0.1) is 0 Å². The van der Waals surface area contributed by atoms with Crippen LogP contribution in [0.1, 0.15) is 0 Å². The topological polar surface area (TPSA) is 65.0 Å². The van der Waals surface area contributed by atoms with Crippen molar-refractivity contribution >= 4 is 108 Å². The average Bonchev–Trinajstić information content (AvgIpc) is 4.12. The summed E-state index contributed by atoms with van der Waals surface area (Å²) in [5.74, 6) is 1.71. The molecule has 0 aliphatic carbocycles. The lowest BCUT2D eigenvalue weighted by Gasteiger charge is -2.15. The number of para-hydroxylation sites is 3. The van der Waals surface area contributed by atoms with Crippen molar-refractivity contribution in [3.63, 3.8) is 0 Å². The number of thiophene rings is 1. The molecule has 0 N–H and O–H groups in total. The van der Waals surface area contributed by atoms with Crippen LogP contribution in [0.15, 0.2) is 221 Å². The Labute approximate surface area is 398 Å². The molecule has 4 heterocycles. The maximum absolute atomic E-state index is 6.91. The van der Waals surface area contributed by atoms with Gasteiger partial charge in [0.15, 0.2) is 17.5 Å². The molecule has 4 aromatic heterocycles. The van der Waals surface area contributed by atoms with Gasteiger partial charge in [-0.15, -0.1) is 11.3 Å². The summed E-state index contributed by atoms with van der Waals surface area (Å²) >= 11 is 1.84. The number of hydrogen-bond donors (Lipinski definition) is 0. The fourth-order valence-electron chi connectivity index (χ4n) is 10.8. The van der Waals surface area contributed by atoms with E-state index in [0.717, 1.165) is 93.4 Å². The van der Waals surface area contributed by atoms with Gasteiger partial charge < -0.3 is 8.83 Å². The zero-order valence-electron chi connectivity index (χ0n) is 36.8. The molecule has 0 amide bonds. The fourth-order valence-corrected chi connectivity index (χ4v) is 12.0. The minimum atomic E-state index is 0.544. The molecule has 320 valence electrons. The van der Waals surface area contributed by atoms with Crippen LogP contribution in [0.25, 0.3) is 153 Å². The third-order valence-corrected chi connectivity index (χ3v) is 15.2. The van der Waals surface area contributed by atoms with Crippen LogP contribution in [0.4, 0.5) is 0 Å². The molecule has 0 saturated carbocycles. The Morgan fingerprint density at radius 2 is 0.870 bits per heavy atom. The Morgan fingerprint density at radius 1 is 0.304 bits per heavy atom. The molecule has 5 nitrogen and oxygen atoms in total. The van der Waals surface area contributed by atoms with Gasteiger partial charge in [0.05, 0.1) is 5.56 Å². The minimum Gasteiger partial charge on any atom is -0.455 e. The molecule has 0 aliphatic heterocycles. The Morgan fingerprint density at radius 3 is 1.72 bits per heavy atom. The van der Waals surface area contributed by atoms with E-state index in [0.29, 0.717) is 17.5 Å².